The lowest BCUT2D eigenvalue weighted by atomic mass is 10.1. The lowest BCUT2D eigenvalue weighted by molar-refractivity contribution is -0.136. The maximum absolute atomic E-state index is 12.2. The summed E-state index contributed by atoms with van der Waals surface area (Å²) in [5.41, 5.74) is 3.46. The van der Waals surface area contributed by atoms with Gasteiger partial charge in [-0.25, -0.2) is 5.43 Å². The first kappa shape index (κ1) is 21.6. The normalized spacial score (nSPS) is 10.6. The highest BCUT2D eigenvalue weighted by Gasteiger charge is 2.14. The average Bonchev–Trinajstić information content (AvgIpc) is 2.79. The van der Waals surface area contributed by atoms with E-state index in [1.54, 1.807) is 30.3 Å². The molecule has 0 aliphatic rings. The van der Waals surface area contributed by atoms with Crippen molar-refractivity contribution in [2.75, 3.05) is 18.5 Å². The van der Waals surface area contributed by atoms with E-state index in [1.165, 1.54) is 6.21 Å². The van der Waals surface area contributed by atoms with Crippen LogP contribution in [0.15, 0.2) is 78.4 Å². The summed E-state index contributed by atoms with van der Waals surface area (Å²) in [6.45, 7) is 6.31. The van der Waals surface area contributed by atoms with Gasteiger partial charge in [0.1, 0.15) is 6.61 Å². The molecule has 7 heteroatoms. The van der Waals surface area contributed by atoms with Crippen molar-refractivity contribution in [3.63, 3.8) is 0 Å². The molecule has 0 spiro atoms. The zero-order valence-electron chi connectivity index (χ0n) is 17.1. The van der Waals surface area contributed by atoms with Crippen LogP contribution >= 0.6 is 0 Å². The lowest BCUT2D eigenvalue weighted by Crippen LogP contribution is -2.32. The van der Waals surface area contributed by atoms with Crippen LogP contribution in [0.25, 0.3) is 10.8 Å². The highest BCUT2D eigenvalue weighted by atomic mass is 16.5. The molecule has 0 aromatic heterocycles. The fourth-order valence-corrected chi connectivity index (χ4v) is 2.87. The summed E-state index contributed by atoms with van der Waals surface area (Å²) < 4.78 is 11.1. The highest BCUT2D eigenvalue weighted by Crippen LogP contribution is 2.28. The molecule has 2 N–H and O–H groups in total. The van der Waals surface area contributed by atoms with E-state index in [2.05, 4.69) is 22.4 Å². The second kappa shape index (κ2) is 10.6. The quantitative estimate of drug-likeness (QED) is 0.252. The second-order valence-electron chi connectivity index (χ2n) is 6.42. The number of hydrogen-bond donors (Lipinski definition) is 2. The minimum absolute atomic E-state index is 0.357. The van der Waals surface area contributed by atoms with E-state index in [9.17, 15) is 9.59 Å². The number of nitrogens with one attached hydrogen (secondary N) is 2. The number of amides is 2. The number of benzene rings is 3. The third-order valence-corrected chi connectivity index (χ3v) is 4.25. The summed E-state index contributed by atoms with van der Waals surface area (Å²) in [5.74, 6) is -0.553. The van der Waals surface area contributed by atoms with Crippen LogP contribution in [-0.2, 0) is 9.59 Å². The summed E-state index contributed by atoms with van der Waals surface area (Å²) in [6.07, 6.45) is 3.06. The molecule has 7 nitrogen and oxygen atoms in total. The Labute approximate surface area is 180 Å². The molecule has 0 heterocycles. The molecule has 0 atom stereocenters. The Bertz CT molecular complexity index is 1120. The van der Waals surface area contributed by atoms with Crippen molar-refractivity contribution < 1.29 is 19.1 Å². The fraction of sp³-hybridized carbons (Fsp3) is 0.125. The smallest absolute Gasteiger partial charge is 0.329 e. The minimum atomic E-state index is -0.875. The first-order valence-corrected chi connectivity index (χ1v) is 9.75. The first-order valence-electron chi connectivity index (χ1n) is 9.75. The molecule has 158 valence electrons. The van der Waals surface area contributed by atoms with Crippen LogP contribution in [0, 0.1) is 0 Å². The molecule has 0 aliphatic heterocycles. The van der Waals surface area contributed by atoms with E-state index in [1.807, 2.05) is 43.3 Å². The number of carbonyl (C=O) groups excluding carboxylic acids is 2. The van der Waals surface area contributed by atoms with E-state index in [0.29, 0.717) is 36.0 Å². The zero-order chi connectivity index (χ0) is 22.1. The summed E-state index contributed by atoms with van der Waals surface area (Å²) >= 11 is 0. The first-order chi connectivity index (χ1) is 15.1. The number of ether oxygens (including phenoxy) is 2. The molecule has 3 aromatic carbocycles. The van der Waals surface area contributed by atoms with E-state index in [0.717, 1.165) is 10.8 Å². The van der Waals surface area contributed by atoms with Crippen LogP contribution in [0.1, 0.15) is 12.5 Å². The number of hydrogen-bond acceptors (Lipinski definition) is 5. The second-order valence-corrected chi connectivity index (χ2v) is 6.42. The van der Waals surface area contributed by atoms with Crippen molar-refractivity contribution in [3.05, 3.63) is 78.9 Å². The molecular formula is C24H23N3O4. The van der Waals surface area contributed by atoms with Crippen LogP contribution in [0.3, 0.4) is 0 Å². The number of nitrogens with zero attached hydrogens (tertiary/aromatic N) is 1. The number of carbonyl (C=O) groups is 2. The number of fused-ring (bicyclic) bond motifs is 1. The van der Waals surface area contributed by atoms with Crippen LogP contribution in [-0.4, -0.2) is 31.2 Å². The molecule has 2 amide bonds. The van der Waals surface area contributed by atoms with Gasteiger partial charge in [-0.15, -0.1) is 0 Å². The van der Waals surface area contributed by atoms with Gasteiger partial charge in [-0.1, -0.05) is 49.1 Å². The average molecular weight is 417 g/mol. The van der Waals surface area contributed by atoms with Gasteiger partial charge < -0.3 is 14.8 Å². The molecule has 3 aromatic rings. The van der Waals surface area contributed by atoms with Gasteiger partial charge in [-0.2, -0.15) is 5.10 Å². The molecule has 0 unspecified atom stereocenters. The molecule has 0 fully saturated rings. The molecule has 3 rings (SSSR count). The molecule has 0 radical (unpaired) electrons. The van der Waals surface area contributed by atoms with Gasteiger partial charge in [0.05, 0.1) is 12.8 Å². The van der Waals surface area contributed by atoms with Crippen molar-refractivity contribution >= 4 is 34.5 Å². The molecule has 0 aliphatic carbocycles. The number of hydrazone groups is 1. The van der Waals surface area contributed by atoms with Gasteiger partial charge in [-0.3, -0.25) is 9.59 Å². The predicted octanol–water partition coefficient (Wildman–Crippen LogP) is 3.89. The van der Waals surface area contributed by atoms with Gasteiger partial charge in [0.2, 0.25) is 0 Å². The van der Waals surface area contributed by atoms with Crippen molar-refractivity contribution in [1.29, 1.82) is 0 Å². The summed E-state index contributed by atoms with van der Waals surface area (Å²) in [6, 6.07) is 18.3. The van der Waals surface area contributed by atoms with E-state index < -0.39 is 11.8 Å². The maximum Gasteiger partial charge on any atom is 0.329 e. The Balaban J connectivity index is 1.63. The van der Waals surface area contributed by atoms with Crippen LogP contribution in [0.5, 0.6) is 11.5 Å². The fourth-order valence-electron chi connectivity index (χ4n) is 2.87. The van der Waals surface area contributed by atoms with Crippen LogP contribution < -0.4 is 20.2 Å². The van der Waals surface area contributed by atoms with Gasteiger partial charge in [-0.05, 0) is 42.1 Å². The Morgan fingerprint density at radius 1 is 1.00 bits per heavy atom. The highest BCUT2D eigenvalue weighted by molar-refractivity contribution is 6.40. The summed E-state index contributed by atoms with van der Waals surface area (Å²) in [4.78, 5) is 24.4. The minimum Gasteiger partial charge on any atom is -0.490 e. The van der Waals surface area contributed by atoms with E-state index >= 15 is 0 Å². The standard InChI is InChI=1S/C24H23N3O4/c1-3-14-31-21-13-12-17(15-22(21)30-4-2)16-25-27-24(29)23(28)26-20-11-7-9-18-8-5-6-10-19(18)20/h3,5-13,15-16H,1,4,14H2,2H3,(H,26,28)(H,27,29). The Morgan fingerprint density at radius 3 is 2.61 bits per heavy atom. The van der Waals surface area contributed by atoms with Crippen molar-refractivity contribution in [1.82, 2.24) is 5.43 Å². The number of anilines is 1. The molecular weight excluding hydrogens is 394 g/mol. The van der Waals surface area contributed by atoms with E-state index in [-0.39, 0.29) is 0 Å². The Hall–Kier alpha value is -4.13. The monoisotopic (exact) mass is 417 g/mol. The van der Waals surface area contributed by atoms with Gasteiger partial charge in [0.25, 0.3) is 0 Å². The summed E-state index contributed by atoms with van der Waals surface area (Å²) in [7, 11) is 0. The number of rotatable bonds is 8. The predicted molar refractivity (Wildman–Crippen MR) is 122 cm³/mol. The molecule has 31 heavy (non-hydrogen) atoms. The van der Waals surface area contributed by atoms with Crippen molar-refractivity contribution in [2.45, 2.75) is 6.92 Å². The molecule has 0 saturated carbocycles. The SMILES string of the molecule is C=CCOc1ccc(C=NNC(=O)C(=O)Nc2cccc3ccccc23)cc1OCC. The third-order valence-electron chi connectivity index (χ3n) is 4.25. The maximum atomic E-state index is 12.2. The van der Waals surface area contributed by atoms with Crippen LogP contribution in [0.2, 0.25) is 0 Å². The van der Waals surface area contributed by atoms with Gasteiger partial charge in [0.15, 0.2) is 11.5 Å². The molecule has 0 saturated heterocycles. The van der Waals surface area contributed by atoms with Crippen molar-refractivity contribution in [2.24, 2.45) is 5.10 Å². The van der Waals surface area contributed by atoms with E-state index in [4.69, 9.17) is 9.47 Å². The van der Waals surface area contributed by atoms with Crippen LogP contribution in [0.4, 0.5) is 5.69 Å². The van der Waals surface area contributed by atoms with Gasteiger partial charge in [0, 0.05) is 11.1 Å². The molecule has 0 bridgehead atoms. The Kier molecular flexibility index (Phi) is 7.37. The Morgan fingerprint density at radius 2 is 1.81 bits per heavy atom. The lowest BCUT2D eigenvalue weighted by Gasteiger charge is -2.11. The zero-order valence-corrected chi connectivity index (χ0v) is 17.1. The topological polar surface area (TPSA) is 89.0 Å². The summed E-state index contributed by atoms with van der Waals surface area (Å²) in [5, 5.41) is 8.29. The third kappa shape index (κ3) is 5.70. The largest absolute Gasteiger partial charge is 0.490 e. The van der Waals surface area contributed by atoms with Crippen molar-refractivity contribution in [3.8, 4) is 11.5 Å². The van der Waals surface area contributed by atoms with Gasteiger partial charge >= 0.3 is 11.8 Å².